The van der Waals surface area contributed by atoms with E-state index in [0.29, 0.717) is 15.3 Å². The predicted molar refractivity (Wildman–Crippen MR) is 87.8 cm³/mol. The average molecular weight is 351 g/mol. The Bertz CT molecular complexity index is 942. The van der Waals surface area contributed by atoms with E-state index in [9.17, 15) is 19.3 Å². The highest BCUT2D eigenvalue weighted by Crippen LogP contribution is 2.30. The van der Waals surface area contributed by atoms with Crippen LogP contribution in [0.2, 0.25) is 5.02 Å². The molecule has 0 aliphatic rings. The SMILES string of the molecule is O=C(Nc1cc(Cl)ccc1F)c1cc2cc([N+](=O)[O-])ccc2s1. The van der Waals surface area contributed by atoms with Crippen molar-refractivity contribution in [3.63, 3.8) is 0 Å². The summed E-state index contributed by atoms with van der Waals surface area (Å²) in [6, 6.07) is 9.73. The number of non-ortho nitro benzene ring substituents is 1. The molecule has 1 amide bonds. The van der Waals surface area contributed by atoms with Gasteiger partial charge >= 0.3 is 0 Å². The molecule has 1 aromatic heterocycles. The lowest BCUT2D eigenvalue weighted by molar-refractivity contribution is -0.384. The lowest BCUT2D eigenvalue weighted by Crippen LogP contribution is -2.11. The summed E-state index contributed by atoms with van der Waals surface area (Å²) in [6.45, 7) is 0. The van der Waals surface area contributed by atoms with Gasteiger partial charge in [0.1, 0.15) is 5.82 Å². The summed E-state index contributed by atoms with van der Waals surface area (Å²) in [5.41, 5.74) is -0.0749. The van der Waals surface area contributed by atoms with Crippen molar-refractivity contribution in [2.75, 3.05) is 5.32 Å². The highest BCUT2D eigenvalue weighted by atomic mass is 35.5. The van der Waals surface area contributed by atoms with E-state index in [2.05, 4.69) is 5.32 Å². The Balaban J connectivity index is 1.91. The molecule has 0 fully saturated rings. The number of hydrogen-bond acceptors (Lipinski definition) is 4. The first-order valence-electron chi connectivity index (χ1n) is 6.38. The van der Waals surface area contributed by atoms with Gasteiger partial charge in [0.25, 0.3) is 11.6 Å². The molecule has 1 heterocycles. The normalized spacial score (nSPS) is 10.7. The van der Waals surface area contributed by atoms with Gasteiger partial charge in [-0.2, -0.15) is 0 Å². The van der Waals surface area contributed by atoms with E-state index >= 15 is 0 Å². The first-order valence-corrected chi connectivity index (χ1v) is 7.58. The van der Waals surface area contributed by atoms with Crippen LogP contribution in [0, 0.1) is 15.9 Å². The van der Waals surface area contributed by atoms with Crippen LogP contribution in [0.3, 0.4) is 0 Å². The Labute approximate surface area is 138 Å². The molecule has 1 N–H and O–H groups in total. The number of nitro benzene ring substituents is 1. The van der Waals surface area contributed by atoms with E-state index < -0.39 is 16.6 Å². The standard InChI is InChI=1S/C15H8ClFN2O3S/c16-9-1-3-11(17)12(7-9)18-15(20)14-6-8-5-10(19(21)22)2-4-13(8)23-14/h1-7H,(H,18,20). The number of benzene rings is 2. The topological polar surface area (TPSA) is 72.2 Å². The van der Waals surface area contributed by atoms with Gasteiger partial charge in [0.15, 0.2) is 0 Å². The van der Waals surface area contributed by atoms with Crippen molar-refractivity contribution in [2.45, 2.75) is 0 Å². The average Bonchev–Trinajstić information content (AvgIpc) is 2.94. The first-order chi connectivity index (χ1) is 10.9. The molecule has 0 unspecified atom stereocenters. The molecule has 3 aromatic rings. The highest BCUT2D eigenvalue weighted by molar-refractivity contribution is 7.20. The second kappa shape index (κ2) is 5.94. The maximum atomic E-state index is 13.6. The number of nitro groups is 1. The van der Waals surface area contributed by atoms with Gasteiger partial charge in [-0.25, -0.2) is 4.39 Å². The molecule has 8 heteroatoms. The van der Waals surface area contributed by atoms with Crippen molar-refractivity contribution in [1.82, 2.24) is 0 Å². The first kappa shape index (κ1) is 15.4. The van der Waals surface area contributed by atoms with Gasteiger partial charge in [-0.05, 0) is 30.3 Å². The molecule has 0 aliphatic heterocycles. The quantitative estimate of drug-likeness (QED) is 0.542. The second-order valence-corrected chi connectivity index (χ2v) is 6.19. The van der Waals surface area contributed by atoms with Crippen LogP contribution < -0.4 is 5.32 Å². The number of nitrogens with one attached hydrogen (secondary N) is 1. The van der Waals surface area contributed by atoms with E-state index in [1.165, 1.54) is 41.7 Å². The van der Waals surface area contributed by atoms with Crippen molar-refractivity contribution in [1.29, 1.82) is 0 Å². The number of anilines is 1. The van der Waals surface area contributed by atoms with Crippen molar-refractivity contribution in [3.05, 3.63) is 68.3 Å². The van der Waals surface area contributed by atoms with Crippen molar-refractivity contribution < 1.29 is 14.1 Å². The Hall–Kier alpha value is -2.51. The molecule has 5 nitrogen and oxygen atoms in total. The molecule has 0 bridgehead atoms. The number of thiophene rings is 1. The number of carbonyl (C=O) groups is 1. The molecule has 0 saturated carbocycles. The van der Waals surface area contributed by atoms with Crippen molar-refractivity contribution >= 4 is 50.3 Å². The van der Waals surface area contributed by atoms with Crippen LogP contribution in [-0.4, -0.2) is 10.8 Å². The number of fused-ring (bicyclic) bond motifs is 1. The lowest BCUT2D eigenvalue weighted by atomic mass is 10.2. The maximum absolute atomic E-state index is 13.6. The van der Waals surface area contributed by atoms with E-state index in [-0.39, 0.29) is 11.4 Å². The van der Waals surface area contributed by atoms with Crippen LogP contribution in [0.1, 0.15) is 9.67 Å². The van der Waals surface area contributed by atoms with Crippen molar-refractivity contribution in [2.24, 2.45) is 0 Å². The smallest absolute Gasteiger partial charge is 0.270 e. The van der Waals surface area contributed by atoms with Gasteiger partial charge in [0, 0.05) is 27.2 Å². The zero-order valence-electron chi connectivity index (χ0n) is 11.4. The molecular formula is C15H8ClFN2O3S. The summed E-state index contributed by atoms with van der Waals surface area (Å²) in [6.07, 6.45) is 0. The number of carbonyl (C=O) groups excluding carboxylic acids is 1. The molecule has 3 rings (SSSR count). The molecule has 0 aliphatic carbocycles. The number of halogens is 2. The molecule has 0 atom stereocenters. The van der Waals surface area contributed by atoms with Gasteiger partial charge in [-0.15, -0.1) is 11.3 Å². The Morgan fingerprint density at radius 1 is 1.22 bits per heavy atom. The number of hydrogen-bond donors (Lipinski definition) is 1. The lowest BCUT2D eigenvalue weighted by Gasteiger charge is -2.05. The Morgan fingerprint density at radius 2 is 2.00 bits per heavy atom. The third-order valence-electron chi connectivity index (χ3n) is 3.11. The van der Waals surface area contributed by atoms with Crippen LogP contribution in [0.15, 0.2) is 42.5 Å². The van der Waals surface area contributed by atoms with E-state index in [0.717, 1.165) is 10.8 Å². The van der Waals surface area contributed by atoms with Gasteiger partial charge in [-0.3, -0.25) is 14.9 Å². The van der Waals surface area contributed by atoms with E-state index in [4.69, 9.17) is 11.6 Å². The number of nitrogens with zero attached hydrogens (tertiary/aromatic N) is 1. The molecule has 23 heavy (non-hydrogen) atoms. The van der Waals surface area contributed by atoms with Gasteiger partial charge in [-0.1, -0.05) is 11.6 Å². The molecule has 2 aromatic carbocycles. The molecule has 0 radical (unpaired) electrons. The minimum absolute atomic E-state index is 0.0223. The van der Waals surface area contributed by atoms with Crippen LogP contribution in [0.25, 0.3) is 10.1 Å². The van der Waals surface area contributed by atoms with E-state index in [1.807, 2.05) is 0 Å². The largest absolute Gasteiger partial charge is 0.319 e. The Morgan fingerprint density at radius 3 is 2.74 bits per heavy atom. The minimum Gasteiger partial charge on any atom is -0.319 e. The fraction of sp³-hybridized carbons (Fsp3) is 0. The van der Waals surface area contributed by atoms with E-state index in [1.54, 1.807) is 6.07 Å². The summed E-state index contributed by atoms with van der Waals surface area (Å²) < 4.78 is 14.4. The van der Waals surface area contributed by atoms with Crippen LogP contribution in [0.4, 0.5) is 15.8 Å². The number of amides is 1. The maximum Gasteiger partial charge on any atom is 0.270 e. The summed E-state index contributed by atoms with van der Waals surface area (Å²) in [5, 5.41) is 14.1. The summed E-state index contributed by atoms with van der Waals surface area (Å²) in [4.78, 5) is 22.8. The molecule has 116 valence electrons. The second-order valence-electron chi connectivity index (χ2n) is 4.67. The monoisotopic (exact) mass is 350 g/mol. The zero-order chi connectivity index (χ0) is 16.6. The van der Waals surface area contributed by atoms with Crippen LogP contribution >= 0.6 is 22.9 Å². The minimum atomic E-state index is -0.598. The van der Waals surface area contributed by atoms with Crippen molar-refractivity contribution in [3.8, 4) is 0 Å². The summed E-state index contributed by atoms with van der Waals surface area (Å²) >= 11 is 6.94. The molecule has 0 saturated heterocycles. The highest BCUT2D eigenvalue weighted by Gasteiger charge is 2.15. The van der Waals surface area contributed by atoms with Gasteiger partial charge < -0.3 is 5.32 Å². The van der Waals surface area contributed by atoms with Gasteiger partial charge in [0.05, 0.1) is 15.5 Å². The zero-order valence-corrected chi connectivity index (χ0v) is 13.0. The van der Waals surface area contributed by atoms with Crippen LogP contribution in [0.5, 0.6) is 0 Å². The number of rotatable bonds is 3. The summed E-state index contributed by atoms with van der Waals surface area (Å²) in [7, 11) is 0. The third-order valence-corrected chi connectivity index (χ3v) is 4.46. The van der Waals surface area contributed by atoms with Gasteiger partial charge in [0.2, 0.25) is 0 Å². The summed E-state index contributed by atoms with van der Waals surface area (Å²) in [5.74, 6) is -1.10. The Kier molecular flexibility index (Phi) is 3.97. The fourth-order valence-corrected chi connectivity index (χ4v) is 3.14. The molecule has 0 spiro atoms. The predicted octanol–water partition coefficient (Wildman–Crippen LogP) is 4.85. The fourth-order valence-electron chi connectivity index (χ4n) is 2.03. The van der Waals surface area contributed by atoms with Crippen LogP contribution in [-0.2, 0) is 0 Å². The third kappa shape index (κ3) is 3.15. The molecular weight excluding hydrogens is 343 g/mol.